The Morgan fingerprint density at radius 1 is 0.492 bits per heavy atom. The molecule has 8 aromatic carbocycles. The van der Waals surface area contributed by atoms with Crippen molar-refractivity contribution in [2.24, 2.45) is 11.1 Å². The van der Waals surface area contributed by atoms with E-state index in [1.807, 2.05) is 158 Å². The number of nitrogens with zero attached hydrogens (tertiary/aromatic N) is 1. The minimum atomic E-state index is -1.70. The zero-order chi connectivity index (χ0) is 44.9. The maximum atomic E-state index is 16.0. The van der Waals surface area contributed by atoms with Crippen LogP contribution in [0.15, 0.2) is 206 Å². The number of primary amides is 1. The number of hydrogen-bond donors (Lipinski definition) is 3. The molecule has 326 valence electrons. The molecule has 4 atom stereocenters. The summed E-state index contributed by atoms with van der Waals surface area (Å²) in [6.07, 6.45) is 2.23. The first-order valence-corrected chi connectivity index (χ1v) is 22.8. The number of benzene rings is 8. The molecular weight excluding hydrogens is 801 g/mol. The van der Waals surface area contributed by atoms with Gasteiger partial charge in [-0.15, -0.1) is 0 Å². The molecular formula is C59H56N2O4. The summed E-state index contributed by atoms with van der Waals surface area (Å²) in [5.74, 6) is -2.47. The van der Waals surface area contributed by atoms with E-state index in [-0.39, 0.29) is 25.9 Å². The van der Waals surface area contributed by atoms with Gasteiger partial charge in [-0.05, 0) is 67.8 Å². The maximum Gasteiger partial charge on any atom is 0.238 e. The van der Waals surface area contributed by atoms with Gasteiger partial charge in [0, 0.05) is 24.7 Å². The van der Waals surface area contributed by atoms with Gasteiger partial charge in [0.1, 0.15) is 5.41 Å². The van der Waals surface area contributed by atoms with Crippen molar-refractivity contribution in [1.29, 1.82) is 0 Å². The van der Waals surface area contributed by atoms with Crippen molar-refractivity contribution < 1.29 is 19.8 Å². The van der Waals surface area contributed by atoms with E-state index in [0.29, 0.717) is 25.7 Å². The third-order valence-corrected chi connectivity index (χ3v) is 13.9. The highest BCUT2D eigenvalue weighted by atomic mass is 16.3. The Morgan fingerprint density at radius 3 is 1.25 bits per heavy atom. The smallest absolute Gasteiger partial charge is 0.238 e. The fourth-order valence-electron chi connectivity index (χ4n) is 11.0. The average molecular weight is 857 g/mol. The van der Waals surface area contributed by atoms with Crippen LogP contribution < -0.4 is 5.73 Å². The van der Waals surface area contributed by atoms with E-state index in [1.165, 1.54) is 0 Å². The minimum absolute atomic E-state index is 0.159. The number of carbonyl (C=O) groups is 2. The number of rotatable bonds is 16. The number of fused-ring (bicyclic) bond motifs is 2. The molecule has 4 N–H and O–H groups in total. The Balaban J connectivity index is 1.29. The summed E-state index contributed by atoms with van der Waals surface area (Å²) in [6.45, 7) is -0.431. The molecule has 0 spiro atoms. The van der Waals surface area contributed by atoms with Crippen molar-refractivity contribution in [3.8, 4) is 0 Å². The zero-order valence-electron chi connectivity index (χ0n) is 36.7. The van der Waals surface area contributed by atoms with Crippen LogP contribution in [0.4, 0.5) is 0 Å². The largest absolute Gasteiger partial charge is 0.387 e. The molecule has 65 heavy (non-hydrogen) atoms. The molecule has 1 aliphatic carbocycles. The van der Waals surface area contributed by atoms with E-state index in [4.69, 9.17) is 5.73 Å². The second kappa shape index (κ2) is 18.7. The first-order chi connectivity index (χ1) is 31.7. The van der Waals surface area contributed by atoms with Crippen LogP contribution in [0.2, 0.25) is 0 Å². The van der Waals surface area contributed by atoms with Gasteiger partial charge < -0.3 is 20.8 Å². The number of amides is 2. The van der Waals surface area contributed by atoms with Crippen LogP contribution in [0, 0.1) is 5.41 Å². The lowest BCUT2D eigenvalue weighted by molar-refractivity contribution is -0.156. The molecule has 0 aliphatic heterocycles. The van der Waals surface area contributed by atoms with Crippen molar-refractivity contribution in [3.63, 3.8) is 0 Å². The molecule has 0 saturated heterocycles. The fraction of sp³-hybridized carbons (Fsp3) is 0.220. The summed E-state index contributed by atoms with van der Waals surface area (Å²) in [7, 11) is 0. The summed E-state index contributed by atoms with van der Waals surface area (Å²) in [6, 6.07) is 68.4. The molecule has 0 radical (unpaired) electrons. The monoisotopic (exact) mass is 856 g/mol. The van der Waals surface area contributed by atoms with Crippen molar-refractivity contribution >= 4 is 33.4 Å². The van der Waals surface area contributed by atoms with E-state index >= 15 is 4.79 Å². The fourth-order valence-corrected chi connectivity index (χ4v) is 11.0. The van der Waals surface area contributed by atoms with Gasteiger partial charge in [-0.1, -0.05) is 219 Å². The first kappa shape index (κ1) is 43.4. The van der Waals surface area contributed by atoms with E-state index in [9.17, 15) is 15.0 Å². The molecule has 8 aromatic rings. The predicted molar refractivity (Wildman–Crippen MR) is 261 cm³/mol. The first-order valence-electron chi connectivity index (χ1n) is 22.8. The molecule has 0 heterocycles. The minimum Gasteiger partial charge on any atom is -0.387 e. The normalized spacial score (nSPS) is 16.3. The van der Waals surface area contributed by atoms with E-state index < -0.39 is 40.3 Å². The van der Waals surface area contributed by atoms with E-state index in [1.54, 1.807) is 4.90 Å². The second-order valence-electron chi connectivity index (χ2n) is 18.2. The van der Waals surface area contributed by atoms with Gasteiger partial charge in [0.15, 0.2) is 0 Å². The Hall–Kier alpha value is -6.86. The topological polar surface area (TPSA) is 104 Å². The number of carbonyl (C=O) groups excluding carboxylic acids is 2. The molecule has 2 amide bonds. The number of hydrogen-bond acceptors (Lipinski definition) is 4. The molecule has 0 bridgehead atoms. The molecule has 6 heteroatoms. The highest BCUT2D eigenvalue weighted by Crippen LogP contribution is 2.47. The van der Waals surface area contributed by atoms with Gasteiger partial charge in [0.2, 0.25) is 11.8 Å². The summed E-state index contributed by atoms with van der Waals surface area (Å²) in [5.41, 5.74) is 6.75. The van der Waals surface area contributed by atoms with Gasteiger partial charge in [-0.3, -0.25) is 9.59 Å². The van der Waals surface area contributed by atoms with Gasteiger partial charge in [0.05, 0.1) is 24.3 Å². The lowest BCUT2D eigenvalue weighted by Gasteiger charge is -2.47. The van der Waals surface area contributed by atoms with Crippen LogP contribution in [0.3, 0.4) is 0 Å². The van der Waals surface area contributed by atoms with E-state index in [2.05, 4.69) is 48.5 Å². The molecule has 6 nitrogen and oxygen atoms in total. The Morgan fingerprint density at radius 2 is 0.846 bits per heavy atom. The van der Waals surface area contributed by atoms with Gasteiger partial charge >= 0.3 is 0 Å². The summed E-state index contributed by atoms with van der Waals surface area (Å²) in [5, 5.41) is 32.4. The zero-order valence-corrected chi connectivity index (χ0v) is 36.7. The second-order valence-corrected chi connectivity index (χ2v) is 18.2. The van der Waals surface area contributed by atoms with Crippen LogP contribution in [0.5, 0.6) is 0 Å². The van der Waals surface area contributed by atoms with E-state index in [0.717, 1.165) is 54.9 Å². The summed E-state index contributed by atoms with van der Waals surface area (Å²) < 4.78 is 0. The van der Waals surface area contributed by atoms with Gasteiger partial charge in [-0.25, -0.2) is 0 Å². The number of nitrogens with two attached hydrogens (primary N) is 1. The third kappa shape index (κ3) is 8.85. The van der Waals surface area contributed by atoms with Crippen molar-refractivity contribution in [3.05, 3.63) is 240 Å². The van der Waals surface area contributed by atoms with Gasteiger partial charge in [-0.2, -0.15) is 0 Å². The summed E-state index contributed by atoms with van der Waals surface area (Å²) in [4.78, 5) is 31.5. The van der Waals surface area contributed by atoms with Gasteiger partial charge in [0.25, 0.3) is 0 Å². The van der Waals surface area contributed by atoms with Crippen molar-refractivity contribution in [2.75, 3.05) is 13.1 Å². The lowest BCUT2D eigenvalue weighted by Crippen LogP contribution is -2.61. The van der Waals surface area contributed by atoms with Crippen LogP contribution in [0.25, 0.3) is 21.5 Å². The molecule has 1 aliphatic rings. The molecule has 4 unspecified atom stereocenters. The predicted octanol–water partition coefficient (Wildman–Crippen LogP) is 10.8. The average Bonchev–Trinajstić information content (AvgIpc) is 3.85. The van der Waals surface area contributed by atoms with Crippen LogP contribution in [-0.2, 0) is 22.4 Å². The van der Waals surface area contributed by atoms with Crippen LogP contribution >= 0.6 is 0 Å². The van der Waals surface area contributed by atoms with Crippen molar-refractivity contribution in [2.45, 2.75) is 61.6 Å². The number of aliphatic hydroxyl groups is 2. The van der Waals surface area contributed by atoms with Crippen LogP contribution in [0.1, 0.15) is 70.9 Å². The summed E-state index contributed by atoms with van der Waals surface area (Å²) >= 11 is 0. The molecule has 0 aromatic heterocycles. The Bertz CT molecular complexity index is 2700. The Kier molecular flexibility index (Phi) is 12.5. The third-order valence-electron chi connectivity index (χ3n) is 13.9. The highest BCUT2D eigenvalue weighted by molar-refractivity contribution is 6.04. The van der Waals surface area contributed by atoms with Crippen LogP contribution in [-0.4, -0.2) is 51.2 Å². The molecule has 1 saturated carbocycles. The quantitative estimate of drug-likeness (QED) is 0.0842. The molecule has 1 fully saturated rings. The lowest BCUT2D eigenvalue weighted by atomic mass is 9.70. The molecule has 9 rings (SSSR count). The standard InChI is InChI=1S/C59H56N2O4/c60-55(62)57(37-17-18-38-57)56(63)61(41-58(64,39-43-21-5-1-6-22-43)53(47-27-9-3-10-28-47)51-35-19-31-45-25-13-15-33-49(45)51)42-59(65,40-44-23-7-2-8-24-44)54(48-29-11-4-12-30-48)52-36-20-32-46-26-14-16-34-50(46)52/h1-16,19-36,53-54,64-65H,17-18,37-42H2,(H2,60,62). The Labute approximate surface area is 382 Å². The van der Waals surface area contributed by atoms with Crippen molar-refractivity contribution in [1.82, 2.24) is 4.90 Å². The maximum absolute atomic E-state index is 16.0. The highest BCUT2D eigenvalue weighted by Gasteiger charge is 2.53. The SMILES string of the molecule is NC(=O)C1(C(=O)N(CC(O)(Cc2ccccc2)C(c2ccccc2)c2cccc3ccccc23)CC(O)(Cc2ccccc2)C(c2ccccc2)c2cccc3ccccc23)CCCC1.